The number of carbonyl (C=O) groups excluding carboxylic acids is 1. The zero-order valence-electron chi connectivity index (χ0n) is 19.8. The third-order valence-electron chi connectivity index (χ3n) is 6.73. The van der Waals surface area contributed by atoms with Gasteiger partial charge in [-0.15, -0.1) is 0 Å². The van der Waals surface area contributed by atoms with E-state index in [0.29, 0.717) is 0 Å². The highest BCUT2D eigenvalue weighted by atomic mass is 16.2. The van der Waals surface area contributed by atoms with Crippen LogP contribution in [-0.2, 0) is 5.41 Å². The molecule has 3 aromatic rings. The van der Waals surface area contributed by atoms with Gasteiger partial charge in [0.2, 0.25) is 0 Å². The summed E-state index contributed by atoms with van der Waals surface area (Å²) in [6.07, 6.45) is 0.897. The van der Waals surface area contributed by atoms with Gasteiger partial charge in [-0.1, -0.05) is 83.1 Å². The molecule has 1 aliphatic heterocycles. The van der Waals surface area contributed by atoms with Crippen LogP contribution in [0.3, 0.4) is 0 Å². The van der Waals surface area contributed by atoms with E-state index in [1.165, 1.54) is 11.1 Å². The fourth-order valence-corrected chi connectivity index (χ4v) is 4.88. The molecule has 166 valence electrons. The number of hydrogen-bond donors (Lipinski definition) is 1. The van der Waals surface area contributed by atoms with Gasteiger partial charge < -0.3 is 10.2 Å². The molecule has 3 atom stereocenters. The van der Waals surface area contributed by atoms with Crippen LogP contribution in [0.1, 0.15) is 68.6 Å². The third kappa shape index (κ3) is 4.17. The van der Waals surface area contributed by atoms with Gasteiger partial charge in [0.05, 0.1) is 6.04 Å². The van der Waals surface area contributed by atoms with Crippen molar-refractivity contribution in [2.24, 2.45) is 5.92 Å². The maximum absolute atomic E-state index is 13.8. The van der Waals surface area contributed by atoms with E-state index < -0.39 is 0 Å². The van der Waals surface area contributed by atoms with Crippen molar-refractivity contribution in [3.05, 3.63) is 95.6 Å². The molecule has 0 spiro atoms. The third-order valence-corrected chi connectivity index (χ3v) is 6.73. The molecule has 3 nitrogen and oxygen atoms in total. The predicted octanol–water partition coefficient (Wildman–Crippen LogP) is 7.21. The molecule has 0 saturated carbocycles. The molecule has 1 aliphatic rings. The first-order valence-electron chi connectivity index (χ1n) is 11.7. The van der Waals surface area contributed by atoms with Crippen LogP contribution in [0.2, 0.25) is 0 Å². The van der Waals surface area contributed by atoms with Crippen molar-refractivity contribution >= 4 is 17.3 Å². The summed E-state index contributed by atoms with van der Waals surface area (Å²) in [4.78, 5) is 15.8. The molecule has 3 aromatic carbocycles. The van der Waals surface area contributed by atoms with Gasteiger partial charge in [-0.05, 0) is 53.3 Å². The van der Waals surface area contributed by atoms with Crippen LogP contribution in [0.4, 0.5) is 11.4 Å². The van der Waals surface area contributed by atoms with Crippen molar-refractivity contribution in [1.82, 2.24) is 0 Å². The summed E-state index contributed by atoms with van der Waals surface area (Å²) >= 11 is 0. The molecule has 1 heterocycles. The Morgan fingerprint density at radius 1 is 0.906 bits per heavy atom. The number of anilines is 2. The number of carbonyl (C=O) groups is 1. The van der Waals surface area contributed by atoms with Gasteiger partial charge in [-0.25, -0.2) is 0 Å². The zero-order valence-corrected chi connectivity index (χ0v) is 19.8. The second-order valence-corrected chi connectivity index (χ2v) is 9.88. The highest BCUT2D eigenvalue weighted by Crippen LogP contribution is 2.44. The van der Waals surface area contributed by atoms with Crippen LogP contribution >= 0.6 is 0 Å². The quantitative estimate of drug-likeness (QED) is 0.478. The standard InChI is InChI=1S/C29H34N2O/c1-6-25-20(2)27(30-23-12-8-7-9-13-23)24-14-10-11-15-26(24)31(25)28(32)21-16-18-22(19-17-21)29(3,4)5/h7-20,25,27,30H,6H2,1-5H3/t20-,25+,27+/m0/s1. The lowest BCUT2D eigenvalue weighted by Gasteiger charge is -2.45. The van der Waals surface area contributed by atoms with Crippen molar-refractivity contribution in [3.63, 3.8) is 0 Å². The van der Waals surface area contributed by atoms with Gasteiger partial charge in [0.15, 0.2) is 0 Å². The largest absolute Gasteiger partial charge is 0.378 e. The number of para-hydroxylation sites is 2. The second-order valence-electron chi connectivity index (χ2n) is 9.88. The fourth-order valence-electron chi connectivity index (χ4n) is 4.88. The zero-order chi connectivity index (χ0) is 22.9. The average Bonchev–Trinajstić information content (AvgIpc) is 2.80. The summed E-state index contributed by atoms with van der Waals surface area (Å²) in [5, 5.41) is 3.74. The molecule has 0 fully saturated rings. The molecular formula is C29H34N2O. The summed E-state index contributed by atoms with van der Waals surface area (Å²) in [7, 11) is 0. The molecule has 0 aromatic heterocycles. The summed E-state index contributed by atoms with van der Waals surface area (Å²) in [6, 6.07) is 27.1. The van der Waals surface area contributed by atoms with E-state index in [0.717, 1.165) is 23.4 Å². The van der Waals surface area contributed by atoms with Crippen molar-refractivity contribution in [2.45, 2.75) is 58.5 Å². The maximum Gasteiger partial charge on any atom is 0.258 e. The molecule has 0 unspecified atom stereocenters. The monoisotopic (exact) mass is 426 g/mol. The fraction of sp³-hybridized carbons (Fsp3) is 0.345. The van der Waals surface area contributed by atoms with E-state index in [9.17, 15) is 4.79 Å². The van der Waals surface area contributed by atoms with Gasteiger partial charge in [-0.3, -0.25) is 4.79 Å². The van der Waals surface area contributed by atoms with Gasteiger partial charge >= 0.3 is 0 Å². The number of nitrogens with one attached hydrogen (secondary N) is 1. The van der Waals surface area contributed by atoms with Gasteiger partial charge in [0.1, 0.15) is 0 Å². The average molecular weight is 427 g/mol. The van der Waals surface area contributed by atoms with Gasteiger partial charge in [-0.2, -0.15) is 0 Å². The molecule has 1 N–H and O–H groups in total. The first-order chi connectivity index (χ1) is 15.3. The summed E-state index contributed by atoms with van der Waals surface area (Å²) < 4.78 is 0. The molecule has 1 amide bonds. The second kappa shape index (κ2) is 8.82. The smallest absolute Gasteiger partial charge is 0.258 e. The Labute approximate surface area is 192 Å². The van der Waals surface area contributed by atoms with E-state index in [4.69, 9.17) is 0 Å². The minimum Gasteiger partial charge on any atom is -0.378 e. The summed E-state index contributed by atoms with van der Waals surface area (Å²) in [5.41, 5.74) is 5.33. The molecule has 0 bridgehead atoms. The first-order valence-corrected chi connectivity index (χ1v) is 11.7. The lowest BCUT2D eigenvalue weighted by Crippen LogP contribution is -2.50. The van der Waals surface area contributed by atoms with Gasteiger partial charge in [0.25, 0.3) is 5.91 Å². The van der Waals surface area contributed by atoms with Crippen LogP contribution in [0.25, 0.3) is 0 Å². The Bertz CT molecular complexity index is 1070. The van der Waals surface area contributed by atoms with Crippen LogP contribution in [0.5, 0.6) is 0 Å². The first kappa shape index (κ1) is 22.1. The van der Waals surface area contributed by atoms with E-state index >= 15 is 0 Å². The van der Waals surface area contributed by atoms with Crippen LogP contribution in [-0.4, -0.2) is 11.9 Å². The number of hydrogen-bond acceptors (Lipinski definition) is 2. The topological polar surface area (TPSA) is 32.3 Å². The number of fused-ring (bicyclic) bond motifs is 1. The van der Waals surface area contributed by atoms with E-state index in [1.54, 1.807) is 0 Å². The highest BCUT2D eigenvalue weighted by Gasteiger charge is 2.40. The van der Waals surface area contributed by atoms with E-state index in [1.807, 2.05) is 29.2 Å². The molecule has 4 rings (SSSR count). The lowest BCUT2D eigenvalue weighted by atomic mass is 9.80. The SMILES string of the molecule is CC[C@@H]1[C@H](C)[C@@H](Nc2ccccc2)c2ccccc2N1C(=O)c1ccc(C(C)(C)C)cc1. The Kier molecular flexibility index (Phi) is 6.10. The Morgan fingerprint density at radius 3 is 2.16 bits per heavy atom. The number of nitrogens with zero attached hydrogens (tertiary/aromatic N) is 1. The van der Waals surface area contributed by atoms with Crippen LogP contribution < -0.4 is 10.2 Å². The highest BCUT2D eigenvalue weighted by molar-refractivity contribution is 6.07. The van der Waals surface area contributed by atoms with Crippen LogP contribution in [0, 0.1) is 5.92 Å². The van der Waals surface area contributed by atoms with Crippen molar-refractivity contribution in [1.29, 1.82) is 0 Å². The van der Waals surface area contributed by atoms with Gasteiger partial charge in [0, 0.05) is 28.9 Å². The number of benzene rings is 3. The Balaban J connectivity index is 1.73. The Morgan fingerprint density at radius 2 is 1.53 bits per heavy atom. The maximum atomic E-state index is 13.8. The van der Waals surface area contributed by atoms with Crippen molar-refractivity contribution in [3.8, 4) is 0 Å². The lowest BCUT2D eigenvalue weighted by molar-refractivity contribution is 0.0960. The molecule has 32 heavy (non-hydrogen) atoms. The number of amides is 1. The predicted molar refractivity (Wildman–Crippen MR) is 134 cm³/mol. The minimum atomic E-state index is 0.0656. The molecule has 0 saturated heterocycles. The molecule has 3 heteroatoms. The van der Waals surface area contributed by atoms with Crippen molar-refractivity contribution < 1.29 is 4.79 Å². The van der Waals surface area contributed by atoms with E-state index in [-0.39, 0.29) is 29.3 Å². The summed E-state index contributed by atoms with van der Waals surface area (Å²) in [5.74, 6) is 0.336. The van der Waals surface area contributed by atoms with E-state index in [2.05, 4.69) is 94.5 Å². The molecule has 0 radical (unpaired) electrons. The normalized spacial score (nSPS) is 20.5. The van der Waals surface area contributed by atoms with Crippen LogP contribution in [0.15, 0.2) is 78.9 Å². The van der Waals surface area contributed by atoms with Crippen molar-refractivity contribution in [2.75, 3.05) is 10.2 Å². The molecular weight excluding hydrogens is 392 g/mol. The Hall–Kier alpha value is -3.07. The molecule has 0 aliphatic carbocycles. The minimum absolute atomic E-state index is 0.0656. The summed E-state index contributed by atoms with van der Waals surface area (Å²) in [6.45, 7) is 11.0. The number of rotatable bonds is 4.